The first-order chi connectivity index (χ1) is 12.4. The summed E-state index contributed by atoms with van der Waals surface area (Å²) in [6.07, 6.45) is 1.49. The number of rotatable bonds is 6. The Balaban J connectivity index is 1.93. The molecule has 0 radical (unpaired) electrons. The number of benzene rings is 2. The molecule has 2 N–H and O–H groups in total. The Morgan fingerprint density at radius 2 is 1.85 bits per heavy atom. The van der Waals surface area contributed by atoms with Crippen LogP contribution >= 0.6 is 31.9 Å². The maximum Gasteiger partial charge on any atom is 0.252 e. The number of para-hydroxylation sites is 1. The molecule has 1 unspecified atom stereocenters. The van der Waals surface area contributed by atoms with E-state index in [0.29, 0.717) is 11.4 Å². The van der Waals surface area contributed by atoms with Gasteiger partial charge in [0.15, 0.2) is 0 Å². The van der Waals surface area contributed by atoms with E-state index in [9.17, 15) is 9.59 Å². The van der Waals surface area contributed by atoms with Crippen LogP contribution in [0.5, 0.6) is 5.75 Å². The quantitative estimate of drug-likeness (QED) is 0.371. The number of ether oxygens (including phenoxy) is 1. The summed E-state index contributed by atoms with van der Waals surface area (Å²) in [5, 5.41) is 6.59. The normalized spacial score (nSPS) is 11.8. The van der Waals surface area contributed by atoms with Crippen molar-refractivity contribution in [2.24, 2.45) is 11.0 Å². The largest absolute Gasteiger partial charge is 0.496 e. The van der Waals surface area contributed by atoms with Gasteiger partial charge in [-0.3, -0.25) is 9.59 Å². The molecule has 2 aromatic rings. The number of hydrazone groups is 1. The van der Waals surface area contributed by atoms with E-state index >= 15 is 0 Å². The van der Waals surface area contributed by atoms with E-state index < -0.39 is 17.7 Å². The first-order valence-electron chi connectivity index (χ1n) is 7.64. The summed E-state index contributed by atoms with van der Waals surface area (Å²) < 4.78 is 6.66. The lowest BCUT2D eigenvalue weighted by atomic mass is 10.1. The van der Waals surface area contributed by atoms with E-state index in [0.717, 1.165) is 14.5 Å². The van der Waals surface area contributed by atoms with Gasteiger partial charge in [-0.25, -0.2) is 5.43 Å². The van der Waals surface area contributed by atoms with Crippen LogP contribution in [0.1, 0.15) is 12.5 Å². The highest BCUT2D eigenvalue weighted by Crippen LogP contribution is 2.25. The third-order valence-electron chi connectivity index (χ3n) is 3.48. The van der Waals surface area contributed by atoms with Gasteiger partial charge in [0.25, 0.3) is 5.91 Å². The van der Waals surface area contributed by atoms with E-state index in [1.54, 1.807) is 43.5 Å². The Morgan fingerprint density at radius 3 is 2.50 bits per heavy atom. The van der Waals surface area contributed by atoms with E-state index in [1.807, 2.05) is 6.07 Å². The zero-order valence-corrected chi connectivity index (χ0v) is 17.3. The minimum Gasteiger partial charge on any atom is -0.496 e. The molecule has 0 saturated heterocycles. The maximum absolute atomic E-state index is 12.2. The van der Waals surface area contributed by atoms with Crippen LogP contribution in [0, 0.1) is 5.92 Å². The number of nitrogens with one attached hydrogen (secondary N) is 2. The molecule has 0 bridgehead atoms. The van der Waals surface area contributed by atoms with Crippen LogP contribution in [0.3, 0.4) is 0 Å². The van der Waals surface area contributed by atoms with Crippen LogP contribution in [0.25, 0.3) is 0 Å². The SMILES string of the molecule is COc1ccc(C=NNC(=O)C(C)C(=O)Nc2ccccc2Br)cc1Br. The molecule has 136 valence electrons. The molecule has 0 heterocycles. The number of anilines is 1. The van der Waals surface area contributed by atoms with Crippen LogP contribution in [-0.2, 0) is 9.59 Å². The molecule has 2 amide bonds. The minimum absolute atomic E-state index is 0.420. The Labute approximate surface area is 168 Å². The van der Waals surface area contributed by atoms with Crippen molar-refractivity contribution in [1.82, 2.24) is 5.43 Å². The molecule has 0 aliphatic carbocycles. The second-order valence-electron chi connectivity index (χ2n) is 5.32. The van der Waals surface area contributed by atoms with Crippen molar-refractivity contribution in [1.29, 1.82) is 0 Å². The molecule has 0 aromatic heterocycles. The first kappa shape index (κ1) is 20.1. The van der Waals surface area contributed by atoms with E-state index in [4.69, 9.17) is 4.74 Å². The second-order valence-corrected chi connectivity index (χ2v) is 7.03. The Kier molecular flexibility index (Phi) is 7.35. The summed E-state index contributed by atoms with van der Waals surface area (Å²) >= 11 is 6.72. The van der Waals surface area contributed by atoms with Crippen LogP contribution in [-0.4, -0.2) is 25.1 Å². The van der Waals surface area contributed by atoms with Crippen LogP contribution < -0.4 is 15.5 Å². The predicted molar refractivity (Wildman–Crippen MR) is 108 cm³/mol. The van der Waals surface area contributed by atoms with Crippen molar-refractivity contribution in [3.8, 4) is 5.75 Å². The standard InChI is InChI=1S/C18H17Br2N3O3/c1-11(17(24)22-15-6-4-3-5-13(15)19)18(25)23-21-10-12-7-8-16(26-2)14(20)9-12/h3-11H,1-2H3,(H,22,24)(H,23,25). The first-order valence-corrected chi connectivity index (χ1v) is 9.23. The fraction of sp³-hybridized carbons (Fsp3) is 0.167. The third kappa shape index (κ3) is 5.40. The molecule has 2 aromatic carbocycles. The molecule has 0 aliphatic rings. The highest BCUT2D eigenvalue weighted by atomic mass is 79.9. The van der Waals surface area contributed by atoms with E-state index in [-0.39, 0.29) is 0 Å². The number of nitrogens with zero attached hydrogens (tertiary/aromatic N) is 1. The van der Waals surface area contributed by atoms with Gasteiger partial charge in [-0.05, 0) is 74.7 Å². The highest BCUT2D eigenvalue weighted by molar-refractivity contribution is 9.11. The topological polar surface area (TPSA) is 79.8 Å². The molecular weight excluding hydrogens is 466 g/mol. The third-order valence-corrected chi connectivity index (χ3v) is 4.79. The predicted octanol–water partition coefficient (Wildman–Crippen LogP) is 3.95. The van der Waals surface area contributed by atoms with Gasteiger partial charge in [0.05, 0.1) is 23.5 Å². The molecule has 0 fully saturated rings. The fourth-order valence-electron chi connectivity index (χ4n) is 1.95. The van der Waals surface area contributed by atoms with Crippen molar-refractivity contribution in [3.63, 3.8) is 0 Å². The molecule has 6 nitrogen and oxygen atoms in total. The van der Waals surface area contributed by atoms with Crippen molar-refractivity contribution < 1.29 is 14.3 Å². The summed E-state index contributed by atoms with van der Waals surface area (Å²) in [5.41, 5.74) is 3.74. The minimum atomic E-state index is -0.901. The number of halogens is 2. The zero-order chi connectivity index (χ0) is 19.1. The van der Waals surface area contributed by atoms with Crippen molar-refractivity contribution in [2.75, 3.05) is 12.4 Å². The smallest absolute Gasteiger partial charge is 0.252 e. The van der Waals surface area contributed by atoms with Gasteiger partial charge in [-0.2, -0.15) is 5.10 Å². The van der Waals surface area contributed by atoms with Gasteiger partial charge in [0.1, 0.15) is 11.7 Å². The number of methoxy groups -OCH3 is 1. The Bertz CT molecular complexity index is 840. The van der Waals surface area contributed by atoms with Gasteiger partial charge in [0, 0.05) is 4.47 Å². The number of carbonyl (C=O) groups is 2. The van der Waals surface area contributed by atoms with Crippen molar-refractivity contribution >= 4 is 55.6 Å². The van der Waals surface area contributed by atoms with Gasteiger partial charge in [-0.15, -0.1) is 0 Å². The molecule has 2 rings (SSSR count). The molecule has 26 heavy (non-hydrogen) atoms. The molecule has 8 heteroatoms. The average Bonchev–Trinajstić information content (AvgIpc) is 2.63. The molecular formula is C18H17Br2N3O3. The van der Waals surface area contributed by atoms with Gasteiger partial charge >= 0.3 is 0 Å². The van der Waals surface area contributed by atoms with Crippen LogP contribution in [0.4, 0.5) is 5.69 Å². The summed E-state index contributed by atoms with van der Waals surface area (Å²) in [5.74, 6) is -1.12. The van der Waals surface area contributed by atoms with E-state index in [1.165, 1.54) is 13.1 Å². The molecule has 0 aliphatic heterocycles. The van der Waals surface area contributed by atoms with E-state index in [2.05, 4.69) is 47.7 Å². The number of amides is 2. The molecule has 0 spiro atoms. The summed E-state index contributed by atoms with van der Waals surface area (Å²) in [6.45, 7) is 1.51. The summed E-state index contributed by atoms with van der Waals surface area (Å²) in [7, 11) is 1.58. The van der Waals surface area contributed by atoms with Crippen molar-refractivity contribution in [3.05, 3.63) is 57.0 Å². The van der Waals surface area contributed by atoms with Gasteiger partial charge in [-0.1, -0.05) is 12.1 Å². The lowest BCUT2D eigenvalue weighted by Crippen LogP contribution is -2.34. The highest BCUT2D eigenvalue weighted by Gasteiger charge is 2.21. The second kappa shape index (κ2) is 9.49. The molecule has 1 atom stereocenters. The lowest BCUT2D eigenvalue weighted by molar-refractivity contribution is -0.131. The summed E-state index contributed by atoms with van der Waals surface area (Å²) in [6, 6.07) is 12.6. The van der Waals surface area contributed by atoms with Crippen LogP contribution in [0.15, 0.2) is 56.5 Å². The maximum atomic E-state index is 12.2. The van der Waals surface area contributed by atoms with Crippen LogP contribution in [0.2, 0.25) is 0 Å². The number of hydrogen-bond donors (Lipinski definition) is 2. The zero-order valence-electron chi connectivity index (χ0n) is 14.1. The molecule has 0 saturated carbocycles. The number of carbonyl (C=O) groups excluding carboxylic acids is 2. The van der Waals surface area contributed by atoms with Crippen molar-refractivity contribution in [2.45, 2.75) is 6.92 Å². The summed E-state index contributed by atoms with van der Waals surface area (Å²) in [4.78, 5) is 24.3. The Morgan fingerprint density at radius 1 is 1.12 bits per heavy atom. The average molecular weight is 483 g/mol. The Hall–Kier alpha value is -2.19. The van der Waals surface area contributed by atoms with Gasteiger partial charge < -0.3 is 10.1 Å². The van der Waals surface area contributed by atoms with Gasteiger partial charge in [0.2, 0.25) is 5.91 Å². The monoisotopic (exact) mass is 481 g/mol. The lowest BCUT2D eigenvalue weighted by Gasteiger charge is -2.11. The number of hydrogen-bond acceptors (Lipinski definition) is 4. The fourth-order valence-corrected chi connectivity index (χ4v) is 2.90.